The fourth-order valence-corrected chi connectivity index (χ4v) is 3.35. The van der Waals surface area contributed by atoms with Gasteiger partial charge >= 0.3 is 0 Å². The summed E-state index contributed by atoms with van der Waals surface area (Å²) in [4.78, 5) is 25.0. The van der Waals surface area contributed by atoms with Gasteiger partial charge in [0.1, 0.15) is 0 Å². The zero-order valence-corrected chi connectivity index (χ0v) is 13.2. The number of hydrogen-bond acceptors (Lipinski definition) is 7. The summed E-state index contributed by atoms with van der Waals surface area (Å²) in [5.41, 5.74) is 0. The van der Waals surface area contributed by atoms with Gasteiger partial charge in [-0.05, 0) is 12.5 Å². The highest BCUT2D eigenvalue weighted by Crippen LogP contribution is 2.26. The minimum absolute atomic E-state index is 0.0272. The number of ether oxygens (including phenoxy) is 1. The Kier molecular flexibility index (Phi) is 4.12. The Balaban J connectivity index is 1.44. The van der Waals surface area contributed by atoms with Crippen LogP contribution in [0.4, 0.5) is 5.95 Å². The smallest absolute Gasteiger partial charge is 0.292 e. The molecule has 0 aliphatic carbocycles. The van der Waals surface area contributed by atoms with Gasteiger partial charge in [0.15, 0.2) is 0 Å². The minimum Gasteiger partial charge on any atom is -0.374 e. The third-order valence-corrected chi connectivity index (χ3v) is 4.61. The van der Waals surface area contributed by atoms with Crippen LogP contribution < -0.4 is 4.90 Å². The van der Waals surface area contributed by atoms with E-state index in [1.807, 2.05) is 6.07 Å². The Bertz CT molecular complexity index is 678. The number of amides is 1. The minimum atomic E-state index is -0.123. The third-order valence-electron chi connectivity index (χ3n) is 4.61. The fraction of sp³-hybridized carbons (Fsp3) is 0.500. The van der Waals surface area contributed by atoms with Gasteiger partial charge in [0.05, 0.1) is 18.9 Å². The van der Waals surface area contributed by atoms with E-state index in [0.29, 0.717) is 25.6 Å². The quantitative estimate of drug-likeness (QED) is 0.807. The molecule has 0 spiro atoms. The number of carbonyl (C=O) groups is 1. The summed E-state index contributed by atoms with van der Waals surface area (Å²) in [5.74, 6) is 1.25. The summed E-state index contributed by atoms with van der Waals surface area (Å²) in [7, 11) is 0. The second-order valence-corrected chi connectivity index (χ2v) is 6.08. The van der Waals surface area contributed by atoms with Crippen molar-refractivity contribution in [2.24, 2.45) is 5.92 Å². The van der Waals surface area contributed by atoms with Crippen LogP contribution in [0.3, 0.4) is 0 Å². The van der Waals surface area contributed by atoms with Crippen molar-refractivity contribution in [3.05, 3.63) is 36.5 Å². The van der Waals surface area contributed by atoms with E-state index < -0.39 is 0 Å². The first-order valence-electron chi connectivity index (χ1n) is 8.15. The zero-order valence-electron chi connectivity index (χ0n) is 13.2. The van der Waals surface area contributed by atoms with Crippen molar-refractivity contribution in [3.63, 3.8) is 0 Å². The van der Waals surface area contributed by atoms with Crippen molar-refractivity contribution in [3.8, 4) is 0 Å². The highest BCUT2D eigenvalue weighted by Gasteiger charge is 2.36. The molecule has 0 saturated carbocycles. The van der Waals surface area contributed by atoms with E-state index in [4.69, 9.17) is 9.26 Å². The van der Waals surface area contributed by atoms with Crippen molar-refractivity contribution in [2.75, 3.05) is 37.7 Å². The van der Waals surface area contributed by atoms with Crippen molar-refractivity contribution in [2.45, 2.75) is 12.5 Å². The summed E-state index contributed by atoms with van der Waals surface area (Å²) in [6.45, 7) is 3.47. The van der Waals surface area contributed by atoms with Gasteiger partial charge in [-0.25, -0.2) is 9.97 Å². The molecule has 0 aromatic carbocycles. The molecule has 4 heterocycles. The van der Waals surface area contributed by atoms with Crippen LogP contribution in [0.25, 0.3) is 0 Å². The molecular weight excluding hydrogens is 310 g/mol. The van der Waals surface area contributed by atoms with Crippen LogP contribution in [0.15, 0.2) is 35.2 Å². The van der Waals surface area contributed by atoms with Gasteiger partial charge in [0.25, 0.3) is 5.91 Å². The molecule has 2 saturated heterocycles. The number of hydrogen-bond donors (Lipinski definition) is 0. The predicted octanol–water partition coefficient (Wildman–Crippen LogP) is 0.832. The van der Waals surface area contributed by atoms with E-state index in [-0.39, 0.29) is 17.8 Å². The second-order valence-electron chi connectivity index (χ2n) is 6.08. The van der Waals surface area contributed by atoms with Crippen LogP contribution in [-0.4, -0.2) is 64.8 Å². The molecule has 0 N–H and O–H groups in total. The second kappa shape index (κ2) is 6.56. The lowest BCUT2D eigenvalue weighted by molar-refractivity contribution is -0.0178. The van der Waals surface area contributed by atoms with Crippen molar-refractivity contribution < 1.29 is 14.1 Å². The Morgan fingerprint density at radius 2 is 2.04 bits per heavy atom. The lowest BCUT2D eigenvalue weighted by Crippen LogP contribution is -2.49. The standard InChI is InChI=1S/C16H19N5O3/c22-15(13-2-6-19-24-13)20-7-3-12-10-21(8-9-23-14(12)11-20)16-17-4-1-5-18-16/h1-2,4-6,12,14H,3,7-11H2/t12-,14+/m0/s1. The van der Waals surface area contributed by atoms with E-state index >= 15 is 0 Å². The van der Waals surface area contributed by atoms with Crippen LogP contribution in [0.1, 0.15) is 17.0 Å². The Hall–Kier alpha value is -2.48. The maximum atomic E-state index is 12.4. The zero-order chi connectivity index (χ0) is 16.4. The summed E-state index contributed by atoms with van der Waals surface area (Å²) in [6, 6.07) is 3.41. The molecule has 8 nitrogen and oxygen atoms in total. The van der Waals surface area contributed by atoms with Gasteiger partial charge in [-0.15, -0.1) is 0 Å². The first kappa shape index (κ1) is 15.1. The van der Waals surface area contributed by atoms with Crippen molar-refractivity contribution in [1.29, 1.82) is 0 Å². The van der Waals surface area contributed by atoms with Crippen molar-refractivity contribution in [1.82, 2.24) is 20.0 Å². The average molecular weight is 329 g/mol. The molecule has 126 valence electrons. The lowest BCUT2D eigenvalue weighted by atomic mass is 9.93. The molecule has 8 heteroatoms. The molecule has 2 aromatic heterocycles. The molecule has 0 unspecified atom stereocenters. The molecule has 4 rings (SSSR count). The van der Waals surface area contributed by atoms with Gasteiger partial charge in [-0.3, -0.25) is 4.79 Å². The van der Waals surface area contributed by atoms with Gasteiger partial charge in [-0.2, -0.15) is 0 Å². The number of likely N-dealkylation sites (tertiary alicyclic amines) is 1. The summed E-state index contributed by atoms with van der Waals surface area (Å²) >= 11 is 0. The first-order valence-corrected chi connectivity index (χ1v) is 8.15. The number of fused-ring (bicyclic) bond motifs is 1. The Labute approximate surface area is 139 Å². The van der Waals surface area contributed by atoms with Crippen LogP contribution in [-0.2, 0) is 4.74 Å². The van der Waals surface area contributed by atoms with E-state index in [2.05, 4.69) is 20.0 Å². The average Bonchev–Trinajstić information content (AvgIpc) is 3.08. The largest absolute Gasteiger partial charge is 0.374 e. The van der Waals surface area contributed by atoms with Gasteiger partial charge in [0, 0.05) is 50.6 Å². The van der Waals surface area contributed by atoms with E-state index in [1.54, 1.807) is 23.4 Å². The number of rotatable bonds is 2. The van der Waals surface area contributed by atoms with Crippen LogP contribution in [0.5, 0.6) is 0 Å². The Morgan fingerprint density at radius 1 is 1.17 bits per heavy atom. The summed E-state index contributed by atoms with van der Waals surface area (Å²) in [6.07, 6.45) is 5.90. The molecule has 2 atom stereocenters. The molecule has 2 fully saturated rings. The van der Waals surface area contributed by atoms with Crippen LogP contribution >= 0.6 is 0 Å². The molecule has 2 aliphatic rings. The molecule has 2 aliphatic heterocycles. The highest BCUT2D eigenvalue weighted by molar-refractivity contribution is 5.91. The van der Waals surface area contributed by atoms with Gasteiger partial charge < -0.3 is 19.1 Å². The van der Waals surface area contributed by atoms with Gasteiger partial charge in [-0.1, -0.05) is 5.16 Å². The number of piperidine rings is 1. The number of carbonyl (C=O) groups excluding carboxylic acids is 1. The van der Waals surface area contributed by atoms with E-state index in [9.17, 15) is 4.79 Å². The molecule has 0 bridgehead atoms. The molecule has 2 aromatic rings. The Morgan fingerprint density at radius 3 is 2.83 bits per heavy atom. The van der Waals surface area contributed by atoms with Crippen LogP contribution in [0, 0.1) is 5.92 Å². The number of anilines is 1. The number of aromatic nitrogens is 3. The molecular formula is C16H19N5O3. The van der Waals surface area contributed by atoms with Crippen molar-refractivity contribution >= 4 is 11.9 Å². The maximum absolute atomic E-state index is 12.4. The summed E-state index contributed by atoms with van der Waals surface area (Å²) in [5, 5.41) is 3.60. The predicted molar refractivity (Wildman–Crippen MR) is 84.5 cm³/mol. The number of nitrogens with zero attached hydrogens (tertiary/aromatic N) is 5. The topological polar surface area (TPSA) is 84.6 Å². The maximum Gasteiger partial charge on any atom is 0.292 e. The molecule has 1 amide bonds. The fourth-order valence-electron chi connectivity index (χ4n) is 3.35. The monoisotopic (exact) mass is 329 g/mol. The lowest BCUT2D eigenvalue weighted by Gasteiger charge is -2.37. The first-order chi connectivity index (χ1) is 11.8. The third kappa shape index (κ3) is 2.96. The van der Waals surface area contributed by atoms with Crippen LogP contribution in [0.2, 0.25) is 0 Å². The molecule has 24 heavy (non-hydrogen) atoms. The van der Waals surface area contributed by atoms with E-state index in [1.165, 1.54) is 6.20 Å². The SMILES string of the molecule is O=C(c1ccno1)N1CC[C@H]2CN(c3ncccn3)CCO[C@@H]2C1. The normalized spacial score (nSPS) is 24.3. The van der Waals surface area contributed by atoms with E-state index in [0.717, 1.165) is 25.5 Å². The van der Waals surface area contributed by atoms with Gasteiger partial charge in [0.2, 0.25) is 11.7 Å². The highest BCUT2D eigenvalue weighted by atomic mass is 16.5. The molecule has 0 radical (unpaired) electrons. The summed E-state index contributed by atoms with van der Waals surface area (Å²) < 4.78 is 11.0.